The molecule has 162 valence electrons. The predicted molar refractivity (Wildman–Crippen MR) is 122 cm³/mol. The maximum absolute atomic E-state index is 13.0. The number of Topliss-reactive ketones (excluding diaryl/α,β-unsaturated/α-hetero) is 1. The van der Waals surface area contributed by atoms with Gasteiger partial charge in [-0.05, 0) is 44.6 Å². The van der Waals surface area contributed by atoms with Crippen LogP contribution >= 0.6 is 0 Å². The molecule has 0 saturated heterocycles. The zero-order valence-corrected chi connectivity index (χ0v) is 18.6. The number of amides is 1. The van der Waals surface area contributed by atoms with Crippen molar-refractivity contribution in [2.24, 2.45) is 0 Å². The fraction of sp³-hybridized carbons (Fsp3) is 0.320. The highest BCUT2D eigenvalue weighted by molar-refractivity contribution is 6.43. The van der Waals surface area contributed by atoms with E-state index in [1.54, 1.807) is 11.6 Å². The Morgan fingerprint density at radius 3 is 2.13 bits per heavy atom. The summed E-state index contributed by atoms with van der Waals surface area (Å²) >= 11 is 0. The zero-order valence-electron chi connectivity index (χ0n) is 18.6. The molecular formula is C25H30N4O2. The van der Waals surface area contributed by atoms with Gasteiger partial charge in [0.15, 0.2) is 0 Å². The van der Waals surface area contributed by atoms with Gasteiger partial charge in [-0.15, -0.1) is 0 Å². The molecule has 0 fully saturated rings. The van der Waals surface area contributed by atoms with Crippen LogP contribution in [0.25, 0.3) is 5.69 Å². The number of para-hydroxylation sites is 1. The fourth-order valence-electron chi connectivity index (χ4n) is 3.97. The van der Waals surface area contributed by atoms with Crippen LogP contribution < -0.4 is 5.32 Å². The molecule has 3 rings (SSSR count). The highest BCUT2D eigenvalue weighted by atomic mass is 16.2. The molecular weight excluding hydrogens is 388 g/mol. The van der Waals surface area contributed by atoms with Crippen LogP contribution in [0.4, 0.5) is 0 Å². The molecule has 1 atom stereocenters. The average Bonchev–Trinajstić information content (AvgIpc) is 3.10. The molecule has 6 heteroatoms. The number of nitrogens with zero attached hydrogens (tertiary/aromatic N) is 3. The Bertz CT molecular complexity index is 1020. The highest BCUT2D eigenvalue weighted by Gasteiger charge is 2.26. The van der Waals surface area contributed by atoms with Crippen LogP contribution in [0, 0.1) is 13.8 Å². The summed E-state index contributed by atoms with van der Waals surface area (Å²) in [6, 6.07) is 19.6. The quantitative estimate of drug-likeness (QED) is 0.423. The summed E-state index contributed by atoms with van der Waals surface area (Å²) in [5.41, 5.74) is 3.54. The summed E-state index contributed by atoms with van der Waals surface area (Å²) in [6.45, 7) is 9.82. The summed E-state index contributed by atoms with van der Waals surface area (Å²) in [5, 5.41) is 7.35. The average molecular weight is 419 g/mol. The van der Waals surface area contributed by atoms with Crippen LogP contribution in [-0.4, -0.2) is 46.0 Å². The van der Waals surface area contributed by atoms with Crippen LogP contribution in [0.15, 0.2) is 60.7 Å². The molecule has 6 nitrogen and oxygen atoms in total. The number of aryl methyl sites for hydroxylation is 1. The number of hydrogen-bond donors (Lipinski definition) is 1. The highest BCUT2D eigenvalue weighted by Crippen LogP contribution is 2.21. The number of rotatable bonds is 9. The standard InChI is InChI=1S/C25H30N4O2/c1-5-28(6-2)22(20-13-9-7-10-14-20)17-26-25(31)24(30)23-18(3)27-29(19(23)4)21-15-11-8-12-16-21/h7-16,22H,5-6,17H2,1-4H3,(H,26,31)/t22-/m1/s1. The molecule has 0 saturated carbocycles. The Balaban J connectivity index is 1.79. The Hall–Kier alpha value is -3.25. The third-order valence-corrected chi connectivity index (χ3v) is 5.62. The van der Waals surface area contributed by atoms with Gasteiger partial charge in [0.1, 0.15) is 0 Å². The molecule has 0 unspecified atom stereocenters. The zero-order chi connectivity index (χ0) is 22.4. The maximum Gasteiger partial charge on any atom is 0.292 e. The summed E-state index contributed by atoms with van der Waals surface area (Å²) in [5.74, 6) is -1.16. The van der Waals surface area contributed by atoms with E-state index in [9.17, 15) is 9.59 Å². The first-order valence-corrected chi connectivity index (χ1v) is 10.7. The van der Waals surface area contributed by atoms with Crippen LogP contribution in [0.3, 0.4) is 0 Å². The summed E-state index contributed by atoms with van der Waals surface area (Å²) in [7, 11) is 0. The smallest absolute Gasteiger partial charge is 0.292 e. The lowest BCUT2D eigenvalue weighted by Crippen LogP contribution is -2.40. The van der Waals surface area contributed by atoms with Gasteiger partial charge in [0.25, 0.3) is 11.7 Å². The van der Waals surface area contributed by atoms with Gasteiger partial charge in [-0.3, -0.25) is 14.5 Å². The van der Waals surface area contributed by atoms with Gasteiger partial charge in [-0.2, -0.15) is 5.10 Å². The summed E-state index contributed by atoms with van der Waals surface area (Å²) in [4.78, 5) is 28.1. The minimum absolute atomic E-state index is 0.00202. The fourth-order valence-corrected chi connectivity index (χ4v) is 3.97. The van der Waals surface area contributed by atoms with Gasteiger partial charge in [0.05, 0.1) is 28.7 Å². The van der Waals surface area contributed by atoms with Gasteiger partial charge < -0.3 is 5.32 Å². The van der Waals surface area contributed by atoms with E-state index in [0.717, 1.165) is 24.3 Å². The molecule has 0 aliphatic carbocycles. The first-order chi connectivity index (χ1) is 15.0. The van der Waals surface area contributed by atoms with Crippen molar-refractivity contribution in [1.29, 1.82) is 0 Å². The topological polar surface area (TPSA) is 67.2 Å². The maximum atomic E-state index is 13.0. The number of nitrogens with one attached hydrogen (secondary N) is 1. The van der Waals surface area contributed by atoms with E-state index in [-0.39, 0.29) is 6.04 Å². The van der Waals surface area contributed by atoms with Crippen molar-refractivity contribution in [1.82, 2.24) is 20.0 Å². The van der Waals surface area contributed by atoms with Crippen molar-refractivity contribution in [2.75, 3.05) is 19.6 Å². The van der Waals surface area contributed by atoms with E-state index in [0.29, 0.717) is 23.5 Å². The number of carbonyl (C=O) groups excluding carboxylic acids is 2. The molecule has 1 aromatic heterocycles. The van der Waals surface area contributed by atoms with E-state index in [1.807, 2.05) is 55.5 Å². The molecule has 0 bridgehead atoms. The number of aromatic nitrogens is 2. The van der Waals surface area contributed by atoms with Gasteiger partial charge in [0, 0.05) is 6.54 Å². The van der Waals surface area contributed by atoms with Gasteiger partial charge in [-0.25, -0.2) is 4.68 Å². The number of ketones is 1. The number of hydrogen-bond acceptors (Lipinski definition) is 4. The van der Waals surface area contributed by atoms with Crippen LogP contribution in [0.2, 0.25) is 0 Å². The lowest BCUT2D eigenvalue weighted by Gasteiger charge is -2.30. The van der Waals surface area contributed by atoms with Crippen molar-refractivity contribution >= 4 is 11.7 Å². The van der Waals surface area contributed by atoms with Crippen LogP contribution in [-0.2, 0) is 4.79 Å². The monoisotopic (exact) mass is 418 g/mol. The molecule has 0 aliphatic rings. The molecule has 0 aliphatic heterocycles. The van der Waals surface area contributed by atoms with Crippen LogP contribution in [0.5, 0.6) is 0 Å². The molecule has 0 radical (unpaired) electrons. The molecule has 2 aromatic carbocycles. The SMILES string of the molecule is CCN(CC)[C@H](CNC(=O)C(=O)c1c(C)nn(-c2ccccc2)c1C)c1ccccc1. The van der Waals surface area contributed by atoms with E-state index in [2.05, 4.69) is 41.3 Å². The number of carbonyl (C=O) groups is 2. The summed E-state index contributed by atoms with van der Waals surface area (Å²) < 4.78 is 1.71. The first-order valence-electron chi connectivity index (χ1n) is 10.7. The molecule has 31 heavy (non-hydrogen) atoms. The van der Waals surface area contributed by atoms with Crippen molar-refractivity contribution in [3.8, 4) is 5.69 Å². The first kappa shape index (κ1) is 22.4. The third-order valence-electron chi connectivity index (χ3n) is 5.62. The largest absolute Gasteiger partial charge is 0.347 e. The van der Waals surface area contributed by atoms with Crippen LogP contribution in [0.1, 0.15) is 47.2 Å². The van der Waals surface area contributed by atoms with E-state index in [1.165, 1.54) is 0 Å². The lowest BCUT2D eigenvalue weighted by atomic mass is 10.0. The van der Waals surface area contributed by atoms with E-state index < -0.39 is 11.7 Å². The second-order valence-corrected chi connectivity index (χ2v) is 7.48. The Labute approximate surface area is 183 Å². The Morgan fingerprint density at radius 1 is 0.968 bits per heavy atom. The molecule has 3 aromatic rings. The predicted octanol–water partition coefficient (Wildman–Crippen LogP) is 3.87. The number of benzene rings is 2. The van der Waals surface area contributed by atoms with E-state index >= 15 is 0 Å². The Kier molecular flexibility index (Phi) is 7.36. The normalized spacial score (nSPS) is 12.0. The number of likely N-dealkylation sites (N-methyl/N-ethyl adjacent to an activating group) is 1. The molecule has 1 heterocycles. The second-order valence-electron chi connectivity index (χ2n) is 7.48. The summed E-state index contributed by atoms with van der Waals surface area (Å²) in [6.07, 6.45) is 0. The molecule has 1 N–H and O–H groups in total. The minimum atomic E-state index is -0.605. The van der Waals surface area contributed by atoms with Gasteiger partial charge >= 0.3 is 0 Å². The Morgan fingerprint density at radius 2 is 1.55 bits per heavy atom. The third kappa shape index (κ3) is 4.91. The van der Waals surface area contributed by atoms with Crippen molar-refractivity contribution < 1.29 is 9.59 Å². The molecule has 0 spiro atoms. The molecule has 1 amide bonds. The lowest BCUT2D eigenvalue weighted by molar-refractivity contribution is -0.117. The van der Waals surface area contributed by atoms with Gasteiger partial charge in [0.2, 0.25) is 0 Å². The van der Waals surface area contributed by atoms with E-state index in [4.69, 9.17) is 0 Å². The van der Waals surface area contributed by atoms with Crippen molar-refractivity contribution in [3.05, 3.63) is 83.2 Å². The minimum Gasteiger partial charge on any atom is -0.347 e. The van der Waals surface area contributed by atoms with Gasteiger partial charge in [-0.1, -0.05) is 62.4 Å². The van der Waals surface area contributed by atoms with Crippen molar-refractivity contribution in [3.63, 3.8) is 0 Å². The second kappa shape index (κ2) is 10.2. The van der Waals surface area contributed by atoms with Crippen molar-refractivity contribution in [2.45, 2.75) is 33.7 Å².